The van der Waals surface area contributed by atoms with Gasteiger partial charge in [-0.25, -0.2) is 4.39 Å². The zero-order chi connectivity index (χ0) is 20.1. The number of nitrogens with two attached hydrogens (primary N) is 2. The molecule has 0 saturated heterocycles. The highest BCUT2D eigenvalue weighted by atomic mass is 19.1. The zero-order valence-corrected chi connectivity index (χ0v) is 14.9. The number of primary amides is 1. The van der Waals surface area contributed by atoms with E-state index in [4.69, 9.17) is 11.5 Å². The first-order valence-corrected chi connectivity index (χ1v) is 8.47. The molecular formula is C22H18FN3O2. The molecule has 0 bridgehead atoms. The summed E-state index contributed by atoms with van der Waals surface area (Å²) in [7, 11) is 0. The van der Waals surface area contributed by atoms with Crippen LogP contribution in [0.3, 0.4) is 0 Å². The fourth-order valence-corrected chi connectivity index (χ4v) is 2.63. The fraction of sp³-hybridized carbons (Fsp3) is 0. The normalized spacial score (nSPS) is 11.1. The molecule has 6 heteroatoms. The molecule has 140 valence electrons. The van der Waals surface area contributed by atoms with Crippen molar-refractivity contribution in [2.24, 2.45) is 5.73 Å². The van der Waals surface area contributed by atoms with Crippen LogP contribution in [0.5, 0.6) is 0 Å². The zero-order valence-electron chi connectivity index (χ0n) is 14.9. The number of hydrogen-bond donors (Lipinski definition) is 3. The number of carbonyl (C=O) groups excluding carboxylic acids is 2. The molecule has 0 fully saturated rings. The first-order valence-electron chi connectivity index (χ1n) is 8.47. The molecule has 5 N–H and O–H groups in total. The van der Waals surface area contributed by atoms with E-state index in [1.54, 1.807) is 54.6 Å². The first kappa shape index (κ1) is 18.8. The summed E-state index contributed by atoms with van der Waals surface area (Å²) in [6.07, 6.45) is 1.59. The van der Waals surface area contributed by atoms with Crippen molar-refractivity contribution in [2.45, 2.75) is 0 Å². The minimum atomic E-state index is -0.631. The molecule has 28 heavy (non-hydrogen) atoms. The van der Waals surface area contributed by atoms with E-state index >= 15 is 0 Å². The van der Waals surface area contributed by atoms with Gasteiger partial charge in [-0.3, -0.25) is 9.59 Å². The predicted molar refractivity (Wildman–Crippen MR) is 109 cm³/mol. The van der Waals surface area contributed by atoms with Gasteiger partial charge in [-0.15, -0.1) is 0 Å². The molecule has 0 heterocycles. The molecule has 0 unspecified atom stereocenters. The molecule has 3 aromatic rings. The number of benzene rings is 3. The van der Waals surface area contributed by atoms with Crippen LogP contribution in [0.2, 0.25) is 0 Å². The Hall–Kier alpha value is -3.93. The number of nitrogens with one attached hydrogen (secondary N) is 1. The molecule has 0 atom stereocenters. The van der Waals surface area contributed by atoms with Gasteiger partial charge in [0.25, 0.3) is 5.91 Å². The van der Waals surface area contributed by atoms with Gasteiger partial charge >= 0.3 is 0 Å². The summed E-state index contributed by atoms with van der Waals surface area (Å²) in [5.41, 5.74) is 14.2. The van der Waals surface area contributed by atoms with E-state index in [1.807, 2.05) is 0 Å². The quantitative estimate of drug-likeness (QED) is 0.360. The van der Waals surface area contributed by atoms with E-state index in [0.29, 0.717) is 28.1 Å². The molecule has 0 aromatic heterocycles. The molecule has 0 aliphatic carbocycles. The number of rotatable bonds is 5. The molecule has 3 rings (SSSR count). The highest BCUT2D eigenvalue weighted by molar-refractivity contribution is 6.23. The van der Waals surface area contributed by atoms with Gasteiger partial charge < -0.3 is 16.8 Å². The van der Waals surface area contributed by atoms with Crippen molar-refractivity contribution >= 4 is 34.8 Å². The number of para-hydroxylation sites is 2. The monoisotopic (exact) mass is 375 g/mol. The van der Waals surface area contributed by atoms with Crippen LogP contribution in [0.15, 0.2) is 72.8 Å². The number of amides is 2. The number of carbonyl (C=O) groups is 2. The van der Waals surface area contributed by atoms with Gasteiger partial charge in [-0.05, 0) is 53.6 Å². The summed E-state index contributed by atoms with van der Waals surface area (Å²) in [6.45, 7) is 0. The maximum Gasteiger partial charge on any atom is 0.255 e. The minimum absolute atomic E-state index is 0.245. The molecular weight excluding hydrogens is 357 g/mol. The molecule has 0 radical (unpaired) electrons. The Kier molecular flexibility index (Phi) is 5.50. The molecule has 0 aliphatic rings. The second kappa shape index (κ2) is 8.18. The average molecular weight is 375 g/mol. The van der Waals surface area contributed by atoms with Gasteiger partial charge in [-0.1, -0.05) is 36.4 Å². The lowest BCUT2D eigenvalue weighted by Gasteiger charge is -2.08. The van der Waals surface area contributed by atoms with E-state index in [9.17, 15) is 14.0 Å². The van der Waals surface area contributed by atoms with Crippen LogP contribution in [-0.2, 0) is 4.79 Å². The fourth-order valence-electron chi connectivity index (χ4n) is 2.63. The van der Waals surface area contributed by atoms with Crippen LogP contribution >= 0.6 is 0 Å². The third-order valence-electron chi connectivity index (χ3n) is 4.11. The predicted octanol–water partition coefficient (Wildman–Crippen LogP) is 3.69. The highest BCUT2D eigenvalue weighted by Gasteiger charge is 2.10. The SMILES string of the molecule is NC(=O)/C(=C\c1ccc(C(=O)Nc2ccccc2N)cc1)c1ccc(F)cc1. The minimum Gasteiger partial charge on any atom is -0.397 e. The lowest BCUT2D eigenvalue weighted by atomic mass is 10.0. The Morgan fingerprint density at radius 1 is 0.857 bits per heavy atom. The lowest BCUT2D eigenvalue weighted by Crippen LogP contribution is -2.13. The summed E-state index contributed by atoms with van der Waals surface area (Å²) >= 11 is 0. The van der Waals surface area contributed by atoms with E-state index < -0.39 is 11.7 Å². The van der Waals surface area contributed by atoms with Gasteiger partial charge in [0, 0.05) is 11.1 Å². The lowest BCUT2D eigenvalue weighted by molar-refractivity contribution is -0.112. The van der Waals surface area contributed by atoms with Crippen LogP contribution in [-0.4, -0.2) is 11.8 Å². The molecule has 5 nitrogen and oxygen atoms in total. The van der Waals surface area contributed by atoms with E-state index in [0.717, 1.165) is 0 Å². The molecule has 0 aliphatic heterocycles. The summed E-state index contributed by atoms with van der Waals surface area (Å²) in [5.74, 6) is -1.34. The molecule has 2 amide bonds. The molecule has 3 aromatic carbocycles. The van der Waals surface area contributed by atoms with Crippen LogP contribution in [0.1, 0.15) is 21.5 Å². The van der Waals surface area contributed by atoms with Crippen molar-refractivity contribution in [1.29, 1.82) is 0 Å². The second-order valence-corrected chi connectivity index (χ2v) is 6.09. The third-order valence-corrected chi connectivity index (χ3v) is 4.11. The Bertz CT molecular complexity index is 1040. The smallest absolute Gasteiger partial charge is 0.255 e. The van der Waals surface area contributed by atoms with Crippen molar-refractivity contribution in [2.75, 3.05) is 11.1 Å². The van der Waals surface area contributed by atoms with Crippen LogP contribution in [0.25, 0.3) is 11.6 Å². The number of nitrogen functional groups attached to an aromatic ring is 1. The van der Waals surface area contributed by atoms with E-state index in [2.05, 4.69) is 5.32 Å². The third kappa shape index (κ3) is 4.42. The van der Waals surface area contributed by atoms with Crippen molar-refractivity contribution in [1.82, 2.24) is 0 Å². The van der Waals surface area contributed by atoms with Crippen molar-refractivity contribution in [3.63, 3.8) is 0 Å². The maximum absolute atomic E-state index is 13.1. The van der Waals surface area contributed by atoms with Gasteiger partial charge in [0.1, 0.15) is 5.82 Å². The Balaban J connectivity index is 1.81. The van der Waals surface area contributed by atoms with Crippen LogP contribution < -0.4 is 16.8 Å². The van der Waals surface area contributed by atoms with Crippen LogP contribution in [0.4, 0.5) is 15.8 Å². The van der Waals surface area contributed by atoms with Crippen molar-refractivity contribution in [3.8, 4) is 0 Å². The van der Waals surface area contributed by atoms with Gasteiger partial charge in [0.05, 0.1) is 11.4 Å². The average Bonchev–Trinajstić information content (AvgIpc) is 2.69. The summed E-state index contributed by atoms with van der Waals surface area (Å²) in [5, 5.41) is 2.75. The topological polar surface area (TPSA) is 98.2 Å². The van der Waals surface area contributed by atoms with Crippen molar-refractivity contribution in [3.05, 3.63) is 95.3 Å². The summed E-state index contributed by atoms with van der Waals surface area (Å²) in [6, 6.07) is 19.1. The first-order chi connectivity index (χ1) is 13.4. The number of halogens is 1. The van der Waals surface area contributed by atoms with Gasteiger partial charge in [0.15, 0.2) is 0 Å². The van der Waals surface area contributed by atoms with E-state index in [-0.39, 0.29) is 11.5 Å². The largest absolute Gasteiger partial charge is 0.397 e. The molecule has 0 spiro atoms. The number of hydrogen-bond acceptors (Lipinski definition) is 3. The number of anilines is 2. The summed E-state index contributed by atoms with van der Waals surface area (Å²) < 4.78 is 13.1. The van der Waals surface area contributed by atoms with Crippen molar-refractivity contribution < 1.29 is 14.0 Å². The second-order valence-electron chi connectivity index (χ2n) is 6.09. The Labute approximate surface area is 161 Å². The molecule has 0 saturated carbocycles. The van der Waals surface area contributed by atoms with Gasteiger partial charge in [-0.2, -0.15) is 0 Å². The Morgan fingerprint density at radius 3 is 2.07 bits per heavy atom. The van der Waals surface area contributed by atoms with Crippen LogP contribution in [0, 0.1) is 5.82 Å². The van der Waals surface area contributed by atoms with E-state index in [1.165, 1.54) is 24.3 Å². The maximum atomic E-state index is 13.1. The summed E-state index contributed by atoms with van der Waals surface area (Å²) in [4.78, 5) is 24.2. The van der Waals surface area contributed by atoms with Gasteiger partial charge in [0.2, 0.25) is 5.91 Å². The highest BCUT2D eigenvalue weighted by Crippen LogP contribution is 2.20. The standard InChI is InChI=1S/C22H18FN3O2/c23-17-11-9-15(10-12-17)18(21(25)27)13-14-5-7-16(8-6-14)22(28)26-20-4-2-1-3-19(20)24/h1-13H,24H2,(H2,25,27)(H,26,28)/b18-13-. The Morgan fingerprint density at radius 2 is 1.46 bits per heavy atom.